The zero-order chi connectivity index (χ0) is 13.7. The third-order valence-corrected chi connectivity index (χ3v) is 3.41. The molecule has 1 aromatic rings. The van der Waals surface area contributed by atoms with Crippen molar-refractivity contribution in [3.63, 3.8) is 0 Å². The van der Waals surface area contributed by atoms with Crippen LogP contribution in [0.15, 0.2) is 18.2 Å². The van der Waals surface area contributed by atoms with E-state index >= 15 is 0 Å². The average molecular weight is 289 g/mol. The molecule has 1 rings (SSSR count). The van der Waals surface area contributed by atoms with Crippen molar-refractivity contribution in [1.82, 2.24) is 5.32 Å². The zero-order valence-electron chi connectivity index (χ0n) is 10.8. The lowest BCUT2D eigenvalue weighted by Gasteiger charge is -2.18. The highest BCUT2D eigenvalue weighted by Crippen LogP contribution is 2.29. The van der Waals surface area contributed by atoms with E-state index < -0.39 is 0 Å². The minimum atomic E-state index is -0.0767. The van der Waals surface area contributed by atoms with Crippen molar-refractivity contribution in [3.8, 4) is 0 Å². The van der Waals surface area contributed by atoms with Gasteiger partial charge in [-0.25, -0.2) is 0 Å². The van der Waals surface area contributed by atoms with Crippen LogP contribution in [0.2, 0.25) is 10.0 Å². The number of rotatable bonds is 5. The SMILES string of the molecule is CC(C)C(C)NC(=O)CNc1c(Cl)cccc1Cl. The lowest BCUT2D eigenvalue weighted by atomic mass is 10.1. The molecule has 1 atom stereocenters. The van der Waals surface area contributed by atoms with Gasteiger partial charge >= 0.3 is 0 Å². The van der Waals surface area contributed by atoms with Crippen LogP contribution in [-0.2, 0) is 4.79 Å². The Hall–Kier alpha value is -0.930. The maximum atomic E-state index is 11.7. The summed E-state index contributed by atoms with van der Waals surface area (Å²) >= 11 is 12.0. The molecule has 0 saturated heterocycles. The Kier molecular flexibility index (Phi) is 5.76. The standard InChI is InChI=1S/C13H18Cl2N2O/c1-8(2)9(3)17-12(18)7-16-13-10(14)5-4-6-11(13)15/h4-6,8-9,16H,7H2,1-3H3,(H,17,18). The molecule has 3 nitrogen and oxygen atoms in total. The number of hydrogen-bond donors (Lipinski definition) is 2. The van der Waals surface area contributed by atoms with E-state index in [0.717, 1.165) is 0 Å². The maximum absolute atomic E-state index is 11.7. The molecule has 100 valence electrons. The van der Waals surface area contributed by atoms with Crippen LogP contribution in [-0.4, -0.2) is 18.5 Å². The van der Waals surface area contributed by atoms with Crippen molar-refractivity contribution in [1.29, 1.82) is 0 Å². The summed E-state index contributed by atoms with van der Waals surface area (Å²) in [5.74, 6) is 0.324. The first kappa shape index (κ1) is 15.1. The van der Waals surface area contributed by atoms with Crippen LogP contribution in [0.25, 0.3) is 0 Å². The summed E-state index contributed by atoms with van der Waals surface area (Å²) in [7, 11) is 0. The highest BCUT2D eigenvalue weighted by molar-refractivity contribution is 6.39. The van der Waals surface area contributed by atoms with E-state index in [9.17, 15) is 4.79 Å². The molecule has 0 heterocycles. The van der Waals surface area contributed by atoms with Crippen LogP contribution in [0.4, 0.5) is 5.69 Å². The normalized spacial score (nSPS) is 12.3. The Labute approximate surface area is 118 Å². The second-order valence-corrected chi connectivity index (χ2v) is 5.36. The third kappa shape index (κ3) is 4.39. The fraction of sp³-hybridized carbons (Fsp3) is 0.462. The van der Waals surface area contributed by atoms with Gasteiger partial charge in [-0.15, -0.1) is 0 Å². The highest BCUT2D eigenvalue weighted by atomic mass is 35.5. The van der Waals surface area contributed by atoms with Crippen LogP contribution in [0, 0.1) is 5.92 Å². The molecule has 0 fully saturated rings. The molecule has 0 aliphatic heterocycles. The molecule has 1 amide bonds. The Morgan fingerprint density at radius 1 is 1.22 bits per heavy atom. The minimum Gasteiger partial charge on any atom is -0.374 e. The second-order valence-electron chi connectivity index (χ2n) is 4.55. The van der Waals surface area contributed by atoms with Gasteiger partial charge in [0.15, 0.2) is 0 Å². The number of para-hydroxylation sites is 1. The molecule has 0 radical (unpaired) electrons. The number of nitrogens with one attached hydrogen (secondary N) is 2. The van der Waals surface area contributed by atoms with Crippen LogP contribution >= 0.6 is 23.2 Å². The fourth-order valence-electron chi connectivity index (χ4n) is 1.31. The maximum Gasteiger partial charge on any atom is 0.239 e. The van der Waals surface area contributed by atoms with Gasteiger partial charge in [-0.2, -0.15) is 0 Å². The summed E-state index contributed by atoms with van der Waals surface area (Å²) in [6, 6.07) is 5.35. The second kappa shape index (κ2) is 6.86. The fourth-order valence-corrected chi connectivity index (χ4v) is 1.84. The lowest BCUT2D eigenvalue weighted by molar-refractivity contribution is -0.120. The molecule has 0 saturated carbocycles. The summed E-state index contributed by atoms with van der Waals surface area (Å²) < 4.78 is 0. The van der Waals surface area contributed by atoms with E-state index in [-0.39, 0.29) is 18.5 Å². The molecule has 18 heavy (non-hydrogen) atoms. The van der Waals surface area contributed by atoms with E-state index in [0.29, 0.717) is 21.7 Å². The van der Waals surface area contributed by atoms with Crippen molar-refractivity contribution >= 4 is 34.8 Å². The number of hydrogen-bond acceptors (Lipinski definition) is 2. The van der Waals surface area contributed by atoms with Gasteiger partial charge in [0.1, 0.15) is 0 Å². The largest absolute Gasteiger partial charge is 0.374 e. The van der Waals surface area contributed by atoms with Crippen molar-refractivity contribution in [2.75, 3.05) is 11.9 Å². The average Bonchev–Trinajstić information content (AvgIpc) is 2.28. The molecule has 1 aromatic carbocycles. The van der Waals surface area contributed by atoms with E-state index in [2.05, 4.69) is 24.5 Å². The van der Waals surface area contributed by atoms with Crippen molar-refractivity contribution in [2.24, 2.45) is 5.92 Å². The first-order valence-electron chi connectivity index (χ1n) is 5.89. The Morgan fingerprint density at radius 3 is 2.28 bits per heavy atom. The van der Waals surface area contributed by atoms with Gasteiger partial charge in [-0.1, -0.05) is 43.1 Å². The van der Waals surface area contributed by atoms with Gasteiger partial charge in [0, 0.05) is 6.04 Å². The van der Waals surface area contributed by atoms with E-state index in [1.807, 2.05) is 6.92 Å². The summed E-state index contributed by atoms with van der Waals surface area (Å²) in [5.41, 5.74) is 0.591. The predicted molar refractivity (Wildman–Crippen MR) is 77.4 cm³/mol. The molecule has 2 N–H and O–H groups in total. The molecular formula is C13H18Cl2N2O. The molecule has 0 spiro atoms. The highest BCUT2D eigenvalue weighted by Gasteiger charge is 2.11. The number of carbonyl (C=O) groups excluding carboxylic acids is 1. The number of benzene rings is 1. The van der Waals surface area contributed by atoms with Crippen LogP contribution < -0.4 is 10.6 Å². The first-order chi connectivity index (χ1) is 8.41. The third-order valence-electron chi connectivity index (χ3n) is 2.78. The van der Waals surface area contributed by atoms with Crippen molar-refractivity contribution in [3.05, 3.63) is 28.2 Å². The molecule has 0 aliphatic carbocycles. The lowest BCUT2D eigenvalue weighted by Crippen LogP contribution is -2.39. The molecule has 0 bridgehead atoms. The van der Waals surface area contributed by atoms with Gasteiger partial charge in [0.05, 0.1) is 22.3 Å². The van der Waals surface area contributed by atoms with E-state index in [1.165, 1.54) is 0 Å². The van der Waals surface area contributed by atoms with Gasteiger partial charge in [-0.3, -0.25) is 4.79 Å². The molecule has 5 heteroatoms. The number of halogens is 2. The number of amides is 1. The van der Waals surface area contributed by atoms with Gasteiger partial charge < -0.3 is 10.6 Å². The van der Waals surface area contributed by atoms with Gasteiger partial charge in [0.25, 0.3) is 0 Å². The molecule has 0 aliphatic rings. The zero-order valence-corrected chi connectivity index (χ0v) is 12.3. The number of anilines is 1. The number of carbonyl (C=O) groups is 1. The topological polar surface area (TPSA) is 41.1 Å². The minimum absolute atomic E-state index is 0.0767. The smallest absolute Gasteiger partial charge is 0.239 e. The van der Waals surface area contributed by atoms with Crippen LogP contribution in [0.1, 0.15) is 20.8 Å². The summed E-state index contributed by atoms with van der Waals surface area (Å²) in [6.45, 7) is 6.25. The monoisotopic (exact) mass is 288 g/mol. The first-order valence-corrected chi connectivity index (χ1v) is 6.64. The van der Waals surface area contributed by atoms with E-state index in [4.69, 9.17) is 23.2 Å². The molecule has 1 unspecified atom stereocenters. The van der Waals surface area contributed by atoms with Crippen LogP contribution in [0.3, 0.4) is 0 Å². The van der Waals surface area contributed by atoms with Gasteiger partial charge in [-0.05, 0) is 25.0 Å². The summed E-state index contributed by atoms with van der Waals surface area (Å²) in [5, 5.41) is 6.86. The quantitative estimate of drug-likeness (QED) is 0.870. The Bertz CT molecular complexity index is 401. The van der Waals surface area contributed by atoms with Crippen molar-refractivity contribution in [2.45, 2.75) is 26.8 Å². The Balaban J connectivity index is 2.53. The van der Waals surface area contributed by atoms with Crippen LogP contribution in [0.5, 0.6) is 0 Å². The van der Waals surface area contributed by atoms with Gasteiger partial charge in [0.2, 0.25) is 5.91 Å². The summed E-state index contributed by atoms with van der Waals surface area (Å²) in [4.78, 5) is 11.7. The predicted octanol–water partition coefficient (Wildman–Crippen LogP) is 3.57. The van der Waals surface area contributed by atoms with Crippen molar-refractivity contribution < 1.29 is 4.79 Å². The summed E-state index contributed by atoms with van der Waals surface area (Å²) in [6.07, 6.45) is 0. The molecule has 0 aromatic heterocycles. The Morgan fingerprint density at radius 2 is 1.78 bits per heavy atom. The molecular weight excluding hydrogens is 271 g/mol. The van der Waals surface area contributed by atoms with E-state index in [1.54, 1.807) is 18.2 Å².